The first-order valence-corrected chi connectivity index (χ1v) is 19.6. The van der Waals surface area contributed by atoms with Crippen molar-refractivity contribution in [2.45, 2.75) is 148 Å². The van der Waals surface area contributed by atoms with E-state index in [2.05, 4.69) is 16.7 Å². The van der Waals surface area contributed by atoms with Crippen molar-refractivity contribution in [3.63, 3.8) is 0 Å². The fourth-order valence-electron chi connectivity index (χ4n) is 8.61. The minimum Gasteiger partial charge on any atom is -0.458 e. The Morgan fingerprint density at radius 2 is 1.78 bits per heavy atom. The fourth-order valence-corrected chi connectivity index (χ4v) is 8.61. The SMILES string of the molecule is C#CN[C@@H]1[C@H](C)NC[C@@H](C)C[C@]2(C)OCC(=O)CCC(C)(C(=O)O[C@@H](CC)[C@@]1(C)O)C(=O)[C@@H](C)[C@H]2OC1OC(C)CC(N(C)C)C1OC(=O)c1ccccc1. The Morgan fingerprint density at radius 3 is 2.40 bits per heavy atom. The molecular weight excluding hydrogens is 706 g/mol. The molecule has 3 saturated heterocycles. The van der Waals surface area contributed by atoms with Crippen LogP contribution in [0.3, 0.4) is 0 Å². The van der Waals surface area contributed by atoms with E-state index in [0.717, 1.165) is 0 Å². The van der Waals surface area contributed by atoms with Crippen LogP contribution in [0.25, 0.3) is 0 Å². The number of carbonyl (C=O) groups excluding carboxylic acids is 4. The Bertz CT molecular complexity index is 1550. The summed E-state index contributed by atoms with van der Waals surface area (Å²) in [6.07, 6.45) is 1.92. The summed E-state index contributed by atoms with van der Waals surface area (Å²) >= 11 is 0. The van der Waals surface area contributed by atoms with Crippen molar-refractivity contribution in [2.24, 2.45) is 17.3 Å². The Balaban J connectivity index is 1.87. The van der Waals surface area contributed by atoms with Gasteiger partial charge >= 0.3 is 11.9 Å². The van der Waals surface area contributed by atoms with Crippen molar-refractivity contribution in [3.05, 3.63) is 35.9 Å². The molecule has 5 unspecified atom stereocenters. The van der Waals surface area contributed by atoms with Gasteiger partial charge in [0.15, 0.2) is 24.0 Å². The number of fused-ring (bicyclic) bond motifs is 4. The number of carbonyl (C=O) groups is 4. The summed E-state index contributed by atoms with van der Waals surface area (Å²) in [5, 5.41) is 18.4. The number of Topliss-reactive ketones (excluding diaryl/α,β-unsaturated/α-hetero) is 2. The van der Waals surface area contributed by atoms with Gasteiger partial charge in [0.2, 0.25) is 0 Å². The minimum absolute atomic E-state index is 0.112. The molecule has 3 fully saturated rings. The zero-order valence-electron chi connectivity index (χ0n) is 34.3. The van der Waals surface area contributed by atoms with Gasteiger partial charge in [-0.3, -0.25) is 14.4 Å². The van der Waals surface area contributed by atoms with Crippen LogP contribution in [-0.2, 0) is 38.1 Å². The van der Waals surface area contributed by atoms with E-state index in [1.165, 1.54) is 6.92 Å². The van der Waals surface area contributed by atoms with Gasteiger partial charge in [-0.1, -0.05) is 45.4 Å². The van der Waals surface area contributed by atoms with Gasteiger partial charge in [0, 0.05) is 24.4 Å². The fraction of sp³-hybridized carbons (Fsp3) is 0.714. The van der Waals surface area contributed by atoms with Gasteiger partial charge in [-0.2, -0.15) is 0 Å². The van der Waals surface area contributed by atoms with E-state index in [4.69, 9.17) is 30.1 Å². The highest BCUT2D eigenvalue weighted by Gasteiger charge is 2.55. The zero-order valence-corrected chi connectivity index (χ0v) is 34.3. The molecule has 3 heterocycles. The van der Waals surface area contributed by atoms with E-state index >= 15 is 4.79 Å². The first kappa shape index (κ1) is 44.3. The van der Waals surface area contributed by atoms with Crippen LogP contribution in [0.15, 0.2) is 30.3 Å². The number of ether oxygens (including phenoxy) is 5. The number of nitrogens with zero attached hydrogens (tertiary/aromatic N) is 1. The predicted octanol–water partition coefficient (Wildman–Crippen LogP) is 3.65. The van der Waals surface area contributed by atoms with Crippen molar-refractivity contribution >= 4 is 23.5 Å². The zero-order chi connectivity index (χ0) is 40.9. The van der Waals surface area contributed by atoms with Gasteiger partial charge in [-0.05, 0) is 99.0 Å². The number of nitrogens with one attached hydrogen (secondary N) is 2. The molecule has 1 aromatic carbocycles. The van der Waals surface area contributed by atoms with E-state index in [1.54, 1.807) is 45.0 Å². The van der Waals surface area contributed by atoms with Crippen LogP contribution in [0.5, 0.6) is 0 Å². The molecule has 0 saturated carbocycles. The number of aliphatic hydroxyl groups is 1. The van der Waals surface area contributed by atoms with Crippen LogP contribution in [0, 0.1) is 29.7 Å². The standard InChI is InChI=1S/C42H63N3O10/c1-12-32-42(9,50)34(43-13-2)28(6)44-23-25(3)22-41(8)36(27(5)35(47)40(7,39(49)53-32)20-19-30(46)24-51-41)55-38-33(31(45(10)11)21-26(4)52-38)54-37(48)29-17-15-14-16-18-29/h2,14-18,25-28,31-34,36,38,43-44,50H,12,19-24H2,1,3-11H3/t25-,26?,27+,28-,31?,32-,33?,34+,36+,38?,40?,41-,42+/m0/s1. The number of benzene rings is 1. The molecule has 2 bridgehead atoms. The Labute approximate surface area is 326 Å². The summed E-state index contributed by atoms with van der Waals surface area (Å²) in [6.45, 7) is 14.3. The normalized spacial score (nSPS) is 39.7. The van der Waals surface area contributed by atoms with Crippen LogP contribution < -0.4 is 10.6 Å². The van der Waals surface area contributed by atoms with Crippen LogP contribution >= 0.6 is 0 Å². The number of ketones is 2. The van der Waals surface area contributed by atoms with Crippen LogP contribution in [0.1, 0.15) is 97.9 Å². The maximum atomic E-state index is 15.0. The van der Waals surface area contributed by atoms with E-state index in [0.29, 0.717) is 24.9 Å². The summed E-state index contributed by atoms with van der Waals surface area (Å²) in [7, 11) is 3.78. The van der Waals surface area contributed by atoms with Gasteiger partial charge in [0.05, 0.1) is 35.5 Å². The van der Waals surface area contributed by atoms with Crippen molar-refractivity contribution in [1.82, 2.24) is 15.5 Å². The van der Waals surface area contributed by atoms with Crippen molar-refractivity contribution in [1.29, 1.82) is 0 Å². The quantitative estimate of drug-likeness (QED) is 0.160. The molecule has 13 heteroatoms. The second-order valence-electron chi connectivity index (χ2n) is 16.8. The number of cyclic esters (lactones) is 1. The van der Waals surface area contributed by atoms with Crippen LogP contribution in [-0.4, -0.2) is 121 Å². The third-order valence-corrected chi connectivity index (χ3v) is 11.9. The summed E-state index contributed by atoms with van der Waals surface area (Å²) in [6, 6.07) is 9.59. The number of rotatable bonds is 7. The average molecular weight is 770 g/mol. The molecule has 3 aliphatic rings. The molecule has 306 valence electrons. The monoisotopic (exact) mass is 769 g/mol. The highest BCUT2D eigenvalue weighted by Crippen LogP contribution is 2.42. The molecule has 13 nitrogen and oxygen atoms in total. The second kappa shape index (κ2) is 18.3. The van der Waals surface area contributed by atoms with Crippen molar-refractivity contribution in [2.75, 3.05) is 27.2 Å². The van der Waals surface area contributed by atoms with Crippen molar-refractivity contribution in [3.8, 4) is 12.5 Å². The summed E-state index contributed by atoms with van der Waals surface area (Å²) in [4.78, 5) is 58.5. The van der Waals surface area contributed by atoms with Gasteiger partial charge in [0.25, 0.3) is 0 Å². The number of likely N-dealkylation sites (N-methyl/N-ethyl adjacent to an activating group) is 1. The summed E-state index contributed by atoms with van der Waals surface area (Å²) in [5.74, 6) is -3.38. The van der Waals surface area contributed by atoms with Crippen molar-refractivity contribution < 1.29 is 48.0 Å². The molecule has 0 spiro atoms. The molecule has 13 atom stereocenters. The highest BCUT2D eigenvalue weighted by atomic mass is 16.7. The molecule has 55 heavy (non-hydrogen) atoms. The Hall–Kier alpha value is -3.38. The van der Waals surface area contributed by atoms with E-state index < -0.39 is 76.9 Å². The molecule has 0 aliphatic carbocycles. The maximum absolute atomic E-state index is 15.0. The Morgan fingerprint density at radius 1 is 1.11 bits per heavy atom. The summed E-state index contributed by atoms with van der Waals surface area (Å²) in [5.41, 5.74) is -4.41. The number of esters is 2. The van der Waals surface area contributed by atoms with E-state index in [-0.39, 0.29) is 49.7 Å². The van der Waals surface area contributed by atoms with E-state index in [1.807, 2.05) is 52.8 Å². The molecule has 0 aromatic heterocycles. The number of hydrogen-bond acceptors (Lipinski definition) is 13. The topological polar surface area (TPSA) is 162 Å². The van der Waals surface area contributed by atoms with Crippen LogP contribution in [0.2, 0.25) is 0 Å². The third kappa shape index (κ3) is 9.96. The van der Waals surface area contributed by atoms with Gasteiger partial charge < -0.3 is 44.3 Å². The molecule has 0 amide bonds. The van der Waals surface area contributed by atoms with Gasteiger partial charge in [-0.25, -0.2) is 4.79 Å². The smallest absolute Gasteiger partial charge is 0.338 e. The average Bonchev–Trinajstić information content (AvgIpc) is 3.14. The summed E-state index contributed by atoms with van der Waals surface area (Å²) < 4.78 is 32.3. The first-order valence-electron chi connectivity index (χ1n) is 19.6. The lowest BCUT2D eigenvalue weighted by molar-refractivity contribution is -0.296. The third-order valence-electron chi connectivity index (χ3n) is 11.9. The lowest BCUT2D eigenvalue weighted by Gasteiger charge is -2.48. The van der Waals surface area contributed by atoms with Gasteiger partial charge in [-0.15, -0.1) is 0 Å². The molecule has 3 N–H and O–H groups in total. The molecule has 3 aliphatic heterocycles. The lowest BCUT2D eigenvalue weighted by Crippen LogP contribution is -2.63. The van der Waals surface area contributed by atoms with Gasteiger partial charge in [0.1, 0.15) is 23.7 Å². The lowest BCUT2D eigenvalue weighted by atomic mass is 9.70. The molecular formula is C42H63N3O10. The Kier molecular flexibility index (Phi) is 14.7. The maximum Gasteiger partial charge on any atom is 0.338 e. The number of hydrogen-bond donors (Lipinski definition) is 3. The van der Waals surface area contributed by atoms with Crippen LogP contribution in [0.4, 0.5) is 0 Å². The second-order valence-corrected chi connectivity index (χ2v) is 16.8. The highest BCUT2D eigenvalue weighted by molar-refractivity contribution is 6.05. The number of terminal acetylenes is 1. The molecule has 1 aromatic rings. The largest absolute Gasteiger partial charge is 0.458 e. The first-order chi connectivity index (χ1) is 25.8. The predicted molar refractivity (Wildman–Crippen MR) is 206 cm³/mol. The molecule has 0 radical (unpaired) electrons. The minimum atomic E-state index is -1.81. The van der Waals surface area contributed by atoms with E-state index in [9.17, 15) is 19.5 Å². The molecule has 4 rings (SSSR count).